The molecule has 0 amide bonds. The maximum absolute atomic E-state index is 4.26. The molecule has 1 aromatic heterocycles. The molecule has 0 unspecified atom stereocenters. The molecule has 3 heteroatoms. The fourth-order valence-electron chi connectivity index (χ4n) is 2.77. The number of hydrogen-bond acceptors (Lipinski definition) is 2. The van der Waals surface area contributed by atoms with E-state index in [-0.39, 0.29) is 0 Å². The zero-order valence-corrected chi connectivity index (χ0v) is 9.86. The lowest BCUT2D eigenvalue weighted by atomic mass is 10.1. The molecule has 0 radical (unpaired) electrons. The van der Waals surface area contributed by atoms with Gasteiger partial charge in [-0.3, -0.25) is 0 Å². The maximum Gasteiger partial charge on any atom is 0.0951 e. The van der Waals surface area contributed by atoms with Crippen LogP contribution in [0.3, 0.4) is 0 Å². The Morgan fingerprint density at radius 3 is 2.81 bits per heavy atom. The second-order valence-electron chi connectivity index (χ2n) is 5.30. The first kappa shape index (κ1) is 10.3. The van der Waals surface area contributed by atoms with Crippen molar-refractivity contribution in [3.05, 3.63) is 18.2 Å². The Kier molecular flexibility index (Phi) is 2.96. The number of aromatic nitrogens is 2. The molecule has 3 rings (SSSR count). The normalized spacial score (nSPS) is 21.8. The van der Waals surface area contributed by atoms with Crippen LogP contribution in [0.15, 0.2) is 12.5 Å². The van der Waals surface area contributed by atoms with Gasteiger partial charge >= 0.3 is 0 Å². The number of hydrogen-bond donors (Lipinski definition) is 1. The van der Waals surface area contributed by atoms with Gasteiger partial charge in [0, 0.05) is 18.8 Å². The topological polar surface area (TPSA) is 29.9 Å². The van der Waals surface area contributed by atoms with Crippen molar-refractivity contribution in [2.24, 2.45) is 5.92 Å². The predicted molar refractivity (Wildman–Crippen MR) is 64.2 cm³/mol. The van der Waals surface area contributed by atoms with Crippen LogP contribution in [-0.4, -0.2) is 16.1 Å². The van der Waals surface area contributed by atoms with Gasteiger partial charge in [-0.25, -0.2) is 4.98 Å². The Bertz CT molecular complexity index is 335. The van der Waals surface area contributed by atoms with Crippen LogP contribution in [0.5, 0.6) is 0 Å². The minimum atomic E-state index is 0.755. The summed E-state index contributed by atoms with van der Waals surface area (Å²) in [5, 5.41) is 3.59. The Hall–Kier alpha value is -0.830. The highest BCUT2D eigenvalue weighted by atomic mass is 15.1. The quantitative estimate of drug-likeness (QED) is 0.824. The van der Waals surface area contributed by atoms with Gasteiger partial charge in [0.25, 0.3) is 0 Å². The summed E-state index contributed by atoms with van der Waals surface area (Å²) in [5.41, 5.74) is 1.36. The molecule has 0 saturated heterocycles. The molecular weight excluding hydrogens is 198 g/mol. The average Bonchev–Trinajstić information content (AvgIpc) is 2.82. The summed E-state index contributed by atoms with van der Waals surface area (Å²) in [6.07, 6.45) is 12.4. The van der Waals surface area contributed by atoms with E-state index in [4.69, 9.17) is 0 Å². The van der Waals surface area contributed by atoms with E-state index in [0.29, 0.717) is 0 Å². The van der Waals surface area contributed by atoms with Crippen LogP contribution in [-0.2, 0) is 6.54 Å². The fourth-order valence-corrected chi connectivity index (χ4v) is 2.77. The Morgan fingerprint density at radius 1 is 1.25 bits per heavy atom. The molecule has 88 valence electrons. The molecule has 2 fully saturated rings. The van der Waals surface area contributed by atoms with Crippen LogP contribution in [0.4, 0.5) is 0 Å². The summed E-state index contributed by atoms with van der Waals surface area (Å²) in [6, 6.07) is 0.755. The first-order valence-corrected chi connectivity index (χ1v) is 6.65. The number of nitrogens with zero attached hydrogens (tertiary/aromatic N) is 2. The van der Waals surface area contributed by atoms with Gasteiger partial charge in [-0.15, -0.1) is 0 Å². The SMILES string of the molecule is c1ncn(C2CC2)c1CNCC1CCCC1. The third-order valence-electron chi connectivity index (χ3n) is 3.90. The summed E-state index contributed by atoms with van der Waals surface area (Å²) >= 11 is 0. The van der Waals surface area contributed by atoms with Gasteiger partial charge in [-0.2, -0.15) is 0 Å². The molecule has 2 aliphatic carbocycles. The molecule has 0 spiro atoms. The largest absolute Gasteiger partial charge is 0.330 e. The average molecular weight is 219 g/mol. The van der Waals surface area contributed by atoms with E-state index in [0.717, 1.165) is 18.5 Å². The zero-order chi connectivity index (χ0) is 10.8. The molecule has 16 heavy (non-hydrogen) atoms. The minimum absolute atomic E-state index is 0.755. The highest BCUT2D eigenvalue weighted by Gasteiger charge is 2.25. The summed E-state index contributed by atoms with van der Waals surface area (Å²) in [4.78, 5) is 4.26. The second-order valence-corrected chi connectivity index (χ2v) is 5.30. The van der Waals surface area contributed by atoms with E-state index >= 15 is 0 Å². The highest BCUT2D eigenvalue weighted by molar-refractivity contribution is 5.03. The third kappa shape index (κ3) is 2.29. The van der Waals surface area contributed by atoms with Gasteiger partial charge in [0.1, 0.15) is 0 Å². The minimum Gasteiger partial charge on any atom is -0.330 e. The highest BCUT2D eigenvalue weighted by Crippen LogP contribution is 2.35. The molecule has 0 atom stereocenters. The molecule has 3 nitrogen and oxygen atoms in total. The van der Waals surface area contributed by atoms with Gasteiger partial charge in [0.15, 0.2) is 0 Å². The monoisotopic (exact) mass is 219 g/mol. The van der Waals surface area contributed by atoms with E-state index in [2.05, 4.69) is 14.9 Å². The molecule has 1 N–H and O–H groups in total. The first-order chi connectivity index (χ1) is 7.93. The number of rotatable bonds is 5. The fraction of sp³-hybridized carbons (Fsp3) is 0.769. The molecule has 0 aromatic carbocycles. The summed E-state index contributed by atoms with van der Waals surface area (Å²) in [7, 11) is 0. The van der Waals surface area contributed by atoms with Crippen LogP contribution in [0.25, 0.3) is 0 Å². The van der Waals surface area contributed by atoms with Crippen LogP contribution in [0.2, 0.25) is 0 Å². The Balaban J connectivity index is 1.48. The number of nitrogens with one attached hydrogen (secondary N) is 1. The van der Waals surface area contributed by atoms with Gasteiger partial charge in [-0.1, -0.05) is 12.8 Å². The third-order valence-corrected chi connectivity index (χ3v) is 3.90. The summed E-state index contributed by atoms with van der Waals surface area (Å²) in [6.45, 7) is 2.18. The molecule has 0 aliphatic heterocycles. The molecular formula is C13H21N3. The van der Waals surface area contributed by atoms with E-state index in [9.17, 15) is 0 Å². The van der Waals surface area contributed by atoms with Crippen molar-refractivity contribution in [2.75, 3.05) is 6.54 Å². The van der Waals surface area contributed by atoms with E-state index in [1.54, 1.807) is 0 Å². The van der Waals surface area contributed by atoms with Crippen LogP contribution >= 0.6 is 0 Å². The van der Waals surface area contributed by atoms with Crippen molar-refractivity contribution in [1.82, 2.24) is 14.9 Å². The maximum atomic E-state index is 4.26. The van der Waals surface area contributed by atoms with Crippen LogP contribution < -0.4 is 5.32 Å². The van der Waals surface area contributed by atoms with Gasteiger partial charge in [-0.05, 0) is 38.1 Å². The molecule has 2 saturated carbocycles. The van der Waals surface area contributed by atoms with Crippen molar-refractivity contribution < 1.29 is 0 Å². The van der Waals surface area contributed by atoms with Crippen molar-refractivity contribution in [3.8, 4) is 0 Å². The molecule has 2 aliphatic rings. The van der Waals surface area contributed by atoms with Crippen LogP contribution in [0, 0.1) is 5.92 Å². The van der Waals surface area contributed by atoms with Gasteiger partial charge < -0.3 is 9.88 Å². The Labute approximate surface area is 97.3 Å². The van der Waals surface area contributed by atoms with Gasteiger partial charge in [0.05, 0.1) is 12.0 Å². The van der Waals surface area contributed by atoms with Crippen molar-refractivity contribution in [2.45, 2.75) is 51.1 Å². The molecule has 1 aromatic rings. The predicted octanol–water partition coefficient (Wildman–Crippen LogP) is 2.50. The standard InChI is InChI=1S/C13H21N3/c1-2-4-11(3-1)7-14-8-13-9-15-10-16(13)12-5-6-12/h9-12,14H,1-8H2. The lowest BCUT2D eigenvalue weighted by Gasteiger charge is -2.11. The summed E-state index contributed by atoms with van der Waals surface area (Å²) in [5.74, 6) is 0.928. The van der Waals surface area contributed by atoms with E-state index in [1.807, 2.05) is 12.5 Å². The first-order valence-electron chi connectivity index (χ1n) is 6.65. The molecule has 1 heterocycles. The van der Waals surface area contributed by atoms with Gasteiger partial charge in [0.2, 0.25) is 0 Å². The van der Waals surface area contributed by atoms with Crippen molar-refractivity contribution in [3.63, 3.8) is 0 Å². The van der Waals surface area contributed by atoms with E-state index < -0.39 is 0 Å². The number of imidazole rings is 1. The van der Waals surface area contributed by atoms with Crippen molar-refractivity contribution >= 4 is 0 Å². The van der Waals surface area contributed by atoms with Crippen molar-refractivity contribution in [1.29, 1.82) is 0 Å². The second kappa shape index (κ2) is 4.58. The van der Waals surface area contributed by atoms with Crippen LogP contribution in [0.1, 0.15) is 50.3 Å². The Morgan fingerprint density at radius 2 is 2.06 bits per heavy atom. The lowest BCUT2D eigenvalue weighted by Crippen LogP contribution is -2.22. The smallest absolute Gasteiger partial charge is 0.0951 e. The molecule has 0 bridgehead atoms. The zero-order valence-electron chi connectivity index (χ0n) is 9.86. The lowest BCUT2D eigenvalue weighted by molar-refractivity contribution is 0.481. The van der Waals surface area contributed by atoms with E-state index in [1.165, 1.54) is 50.8 Å². The summed E-state index contributed by atoms with van der Waals surface area (Å²) < 4.78 is 2.35.